The standard InChI is InChI=1S/C22H18ClFN2O5S/c1-12-18(31-21(28)30-12)11-22(2,19(27)29-3)32-20-25-15-6-4-5-7-17(15)26(20)16-9-8-13(23)10-14(16)24/h4-10H,11H2,1-3H3. The van der Waals surface area contributed by atoms with E-state index in [1.165, 1.54) is 13.2 Å². The number of aryl methyl sites for hydroxylation is 1. The second-order valence-corrected chi connectivity index (χ2v) is 9.16. The predicted octanol–water partition coefficient (Wildman–Crippen LogP) is 4.94. The Kier molecular flexibility index (Phi) is 5.87. The third-order valence-corrected chi connectivity index (χ3v) is 6.40. The fraction of sp³-hybridized carbons (Fsp3) is 0.227. The number of hydrogen-bond acceptors (Lipinski definition) is 7. The molecule has 0 aliphatic carbocycles. The molecular formula is C22H18ClFN2O5S. The first-order valence-corrected chi connectivity index (χ1v) is 10.7. The minimum absolute atomic E-state index is 0.00574. The number of ether oxygens (including phenoxy) is 1. The second kappa shape index (κ2) is 8.48. The van der Waals surface area contributed by atoms with Crippen LogP contribution in [0.5, 0.6) is 0 Å². The number of para-hydroxylation sites is 2. The monoisotopic (exact) mass is 476 g/mol. The number of fused-ring (bicyclic) bond motifs is 1. The summed E-state index contributed by atoms with van der Waals surface area (Å²) in [6, 6.07) is 11.6. The van der Waals surface area contributed by atoms with E-state index in [1.807, 2.05) is 12.1 Å². The van der Waals surface area contributed by atoms with E-state index in [2.05, 4.69) is 4.98 Å². The van der Waals surface area contributed by atoms with Crippen molar-refractivity contribution in [3.8, 4) is 5.69 Å². The Balaban J connectivity index is 1.86. The normalized spacial score (nSPS) is 13.3. The molecule has 0 fully saturated rings. The van der Waals surface area contributed by atoms with Gasteiger partial charge in [-0.1, -0.05) is 35.5 Å². The molecule has 2 heterocycles. The molecule has 0 amide bonds. The number of carbonyl (C=O) groups excluding carboxylic acids is 1. The molecule has 10 heteroatoms. The predicted molar refractivity (Wildman–Crippen MR) is 118 cm³/mol. The Labute approximate surface area is 191 Å². The lowest BCUT2D eigenvalue weighted by Gasteiger charge is -2.25. The Morgan fingerprint density at radius 1 is 1.28 bits per heavy atom. The van der Waals surface area contributed by atoms with Crippen molar-refractivity contribution in [3.05, 3.63) is 75.4 Å². The molecule has 0 aliphatic heterocycles. The second-order valence-electron chi connectivity index (χ2n) is 7.25. The smallest absolute Gasteiger partial charge is 0.468 e. The van der Waals surface area contributed by atoms with Gasteiger partial charge in [0.2, 0.25) is 0 Å². The van der Waals surface area contributed by atoms with E-state index in [1.54, 1.807) is 42.7 Å². The highest BCUT2D eigenvalue weighted by molar-refractivity contribution is 8.01. The third kappa shape index (κ3) is 4.05. The van der Waals surface area contributed by atoms with Crippen LogP contribution in [0.1, 0.15) is 18.4 Å². The van der Waals surface area contributed by atoms with Crippen LogP contribution in [0.3, 0.4) is 0 Å². The molecular weight excluding hydrogens is 459 g/mol. The van der Waals surface area contributed by atoms with Crippen molar-refractivity contribution in [1.82, 2.24) is 9.55 Å². The zero-order chi connectivity index (χ0) is 23.0. The van der Waals surface area contributed by atoms with E-state index < -0.39 is 22.4 Å². The number of nitrogens with zero attached hydrogens (tertiary/aromatic N) is 2. The van der Waals surface area contributed by atoms with Gasteiger partial charge in [-0.3, -0.25) is 9.36 Å². The van der Waals surface area contributed by atoms with Gasteiger partial charge in [-0.05, 0) is 44.2 Å². The minimum atomic E-state index is -1.26. The van der Waals surface area contributed by atoms with Crippen molar-refractivity contribution in [2.24, 2.45) is 0 Å². The highest BCUT2D eigenvalue weighted by Crippen LogP contribution is 2.40. The molecule has 4 rings (SSSR count). The summed E-state index contributed by atoms with van der Waals surface area (Å²) >= 11 is 7.00. The molecule has 1 unspecified atom stereocenters. The average Bonchev–Trinajstić information content (AvgIpc) is 3.25. The zero-order valence-electron chi connectivity index (χ0n) is 17.3. The molecule has 32 heavy (non-hydrogen) atoms. The van der Waals surface area contributed by atoms with Crippen LogP contribution < -0.4 is 5.82 Å². The van der Waals surface area contributed by atoms with Crippen LogP contribution in [0.2, 0.25) is 5.02 Å². The lowest BCUT2D eigenvalue weighted by Crippen LogP contribution is -2.36. The SMILES string of the molecule is COC(=O)C(C)(Cc1oc(=O)oc1C)Sc1nc2ccccc2n1-c1ccc(Cl)cc1F. The number of thioether (sulfide) groups is 1. The lowest BCUT2D eigenvalue weighted by atomic mass is 10.0. The fourth-order valence-electron chi connectivity index (χ4n) is 3.38. The first kappa shape index (κ1) is 22.2. The van der Waals surface area contributed by atoms with Gasteiger partial charge in [0.25, 0.3) is 0 Å². The van der Waals surface area contributed by atoms with Gasteiger partial charge in [0.05, 0.1) is 23.8 Å². The van der Waals surface area contributed by atoms with E-state index in [0.717, 1.165) is 11.8 Å². The summed E-state index contributed by atoms with van der Waals surface area (Å²) in [5.41, 5.74) is 1.49. The topological polar surface area (TPSA) is 87.5 Å². The van der Waals surface area contributed by atoms with Crippen molar-refractivity contribution >= 4 is 40.4 Å². The molecule has 166 valence electrons. The largest absolute Gasteiger partial charge is 0.519 e. The number of imidazole rings is 1. The van der Waals surface area contributed by atoms with Crippen LogP contribution in [0.25, 0.3) is 16.7 Å². The maximum absolute atomic E-state index is 14.9. The fourth-order valence-corrected chi connectivity index (χ4v) is 4.74. The number of aromatic nitrogens is 2. The first-order chi connectivity index (χ1) is 15.2. The molecule has 0 radical (unpaired) electrons. The molecule has 1 atom stereocenters. The molecule has 7 nitrogen and oxygen atoms in total. The van der Waals surface area contributed by atoms with E-state index in [9.17, 15) is 14.0 Å². The van der Waals surface area contributed by atoms with E-state index >= 15 is 0 Å². The van der Waals surface area contributed by atoms with E-state index in [-0.39, 0.29) is 28.7 Å². The molecule has 2 aromatic heterocycles. The molecule has 0 bridgehead atoms. The molecule has 0 saturated heterocycles. The molecule has 0 saturated carbocycles. The number of rotatable bonds is 6. The van der Waals surface area contributed by atoms with Crippen LogP contribution >= 0.6 is 23.4 Å². The van der Waals surface area contributed by atoms with Gasteiger partial charge in [0.1, 0.15) is 16.3 Å². The van der Waals surface area contributed by atoms with Crippen LogP contribution in [0.15, 0.2) is 61.2 Å². The summed E-state index contributed by atoms with van der Waals surface area (Å²) in [4.78, 5) is 28.9. The Morgan fingerprint density at radius 2 is 2.03 bits per heavy atom. The maximum Gasteiger partial charge on any atom is 0.519 e. The maximum atomic E-state index is 14.9. The number of halogens is 2. The van der Waals surface area contributed by atoms with Crippen LogP contribution in [-0.4, -0.2) is 27.4 Å². The third-order valence-electron chi connectivity index (χ3n) is 4.95. The molecule has 4 aromatic rings. The molecule has 2 aromatic carbocycles. The van der Waals surface area contributed by atoms with Crippen molar-refractivity contribution < 1.29 is 22.8 Å². The van der Waals surface area contributed by atoms with Crippen molar-refractivity contribution in [2.75, 3.05) is 7.11 Å². The summed E-state index contributed by atoms with van der Waals surface area (Å²) in [5.74, 6) is -1.48. The van der Waals surface area contributed by atoms with Gasteiger partial charge in [-0.15, -0.1) is 0 Å². The molecule has 0 spiro atoms. The Hall–Kier alpha value is -3.04. The van der Waals surface area contributed by atoms with Gasteiger partial charge in [0, 0.05) is 11.4 Å². The van der Waals surface area contributed by atoms with Crippen LogP contribution in [0.4, 0.5) is 4.39 Å². The summed E-state index contributed by atoms with van der Waals surface area (Å²) in [5, 5.41) is 0.610. The van der Waals surface area contributed by atoms with Crippen molar-refractivity contribution in [3.63, 3.8) is 0 Å². The van der Waals surface area contributed by atoms with Crippen molar-refractivity contribution in [2.45, 2.75) is 30.2 Å². The number of hydrogen-bond donors (Lipinski definition) is 0. The van der Waals surface area contributed by atoms with Crippen LogP contribution in [-0.2, 0) is 16.0 Å². The Bertz CT molecular complexity index is 1380. The lowest BCUT2D eigenvalue weighted by molar-refractivity contribution is -0.143. The van der Waals surface area contributed by atoms with E-state index in [0.29, 0.717) is 16.2 Å². The highest BCUT2D eigenvalue weighted by atomic mass is 35.5. The van der Waals surface area contributed by atoms with Gasteiger partial charge in [-0.25, -0.2) is 14.2 Å². The van der Waals surface area contributed by atoms with Gasteiger partial charge < -0.3 is 13.6 Å². The Morgan fingerprint density at radius 3 is 2.69 bits per heavy atom. The zero-order valence-corrected chi connectivity index (χ0v) is 18.9. The number of benzene rings is 2. The number of carbonyl (C=O) groups is 1. The van der Waals surface area contributed by atoms with Gasteiger partial charge in [-0.2, -0.15) is 0 Å². The van der Waals surface area contributed by atoms with Gasteiger partial charge in [0.15, 0.2) is 10.9 Å². The van der Waals surface area contributed by atoms with E-state index in [4.69, 9.17) is 25.2 Å². The van der Waals surface area contributed by atoms with Crippen LogP contribution in [0, 0.1) is 12.7 Å². The molecule has 0 N–H and O–H groups in total. The summed E-state index contributed by atoms with van der Waals surface area (Å²) in [6.07, 6.45) is -0.00574. The number of esters is 1. The van der Waals surface area contributed by atoms with Gasteiger partial charge >= 0.3 is 11.8 Å². The quantitative estimate of drug-likeness (QED) is 0.287. The van der Waals surface area contributed by atoms with Crippen molar-refractivity contribution in [1.29, 1.82) is 0 Å². The molecule has 0 aliphatic rings. The minimum Gasteiger partial charge on any atom is -0.468 e. The summed E-state index contributed by atoms with van der Waals surface area (Å²) in [6.45, 7) is 3.21. The highest BCUT2D eigenvalue weighted by Gasteiger charge is 2.40. The average molecular weight is 477 g/mol. The summed E-state index contributed by atoms with van der Waals surface area (Å²) in [7, 11) is 1.27. The summed E-state index contributed by atoms with van der Waals surface area (Å²) < 4.78 is 30.3. The first-order valence-electron chi connectivity index (χ1n) is 9.51. The number of methoxy groups -OCH3 is 1.